The van der Waals surface area contributed by atoms with Crippen LogP contribution in [0.1, 0.15) is 31.7 Å². The van der Waals surface area contributed by atoms with Crippen LogP contribution in [-0.2, 0) is 19.4 Å². The molecular formula is C11H17N. The summed E-state index contributed by atoms with van der Waals surface area (Å²) in [5.74, 6) is 0.871. The Kier molecular flexibility index (Phi) is 1.95. The summed E-state index contributed by atoms with van der Waals surface area (Å²) in [5.41, 5.74) is 3.06. The monoisotopic (exact) mass is 163 g/mol. The molecule has 0 aromatic carbocycles. The molecule has 0 amide bonds. The lowest BCUT2D eigenvalue weighted by molar-refractivity contribution is 0.393. The van der Waals surface area contributed by atoms with Crippen molar-refractivity contribution in [1.29, 1.82) is 0 Å². The average Bonchev–Trinajstić information content (AvgIpc) is 2.46. The Morgan fingerprint density at radius 3 is 3.08 bits per heavy atom. The van der Waals surface area contributed by atoms with Gasteiger partial charge in [-0.3, -0.25) is 0 Å². The van der Waals surface area contributed by atoms with E-state index in [0.717, 1.165) is 5.92 Å². The number of hydrogen-bond acceptors (Lipinski definition) is 0. The second kappa shape index (κ2) is 2.96. The molecule has 2 heterocycles. The molecule has 12 heavy (non-hydrogen) atoms. The van der Waals surface area contributed by atoms with Gasteiger partial charge in [0.1, 0.15) is 0 Å². The molecule has 1 heteroatoms. The molecule has 0 aliphatic carbocycles. The van der Waals surface area contributed by atoms with Gasteiger partial charge in [-0.1, -0.05) is 13.8 Å². The van der Waals surface area contributed by atoms with E-state index in [9.17, 15) is 0 Å². The van der Waals surface area contributed by atoms with Gasteiger partial charge >= 0.3 is 0 Å². The second-order valence-corrected chi connectivity index (χ2v) is 3.92. The van der Waals surface area contributed by atoms with Crippen molar-refractivity contribution >= 4 is 0 Å². The van der Waals surface area contributed by atoms with Gasteiger partial charge in [0, 0.05) is 17.9 Å². The minimum absolute atomic E-state index is 0.871. The Morgan fingerprint density at radius 1 is 1.50 bits per heavy atom. The standard InChI is InChI=1S/C11H17N/c1-3-10-6-7-11-5-4-9(2)8-12(10)11/h6-7,9H,3-5,8H2,1-2H3. The molecule has 0 fully saturated rings. The van der Waals surface area contributed by atoms with Crippen LogP contribution in [0, 0.1) is 5.92 Å². The van der Waals surface area contributed by atoms with Crippen LogP contribution in [0.3, 0.4) is 0 Å². The number of aromatic nitrogens is 1. The fraction of sp³-hybridized carbons (Fsp3) is 0.636. The van der Waals surface area contributed by atoms with Crippen molar-refractivity contribution in [3.8, 4) is 0 Å². The largest absolute Gasteiger partial charge is 0.348 e. The van der Waals surface area contributed by atoms with Gasteiger partial charge in [-0.15, -0.1) is 0 Å². The fourth-order valence-electron chi connectivity index (χ4n) is 2.12. The van der Waals surface area contributed by atoms with Crippen LogP contribution in [-0.4, -0.2) is 4.57 Å². The number of hydrogen-bond donors (Lipinski definition) is 0. The first-order chi connectivity index (χ1) is 5.81. The average molecular weight is 163 g/mol. The van der Waals surface area contributed by atoms with Gasteiger partial charge < -0.3 is 4.57 Å². The van der Waals surface area contributed by atoms with Crippen LogP contribution in [0.15, 0.2) is 12.1 Å². The van der Waals surface area contributed by atoms with Gasteiger partial charge in [0.25, 0.3) is 0 Å². The Morgan fingerprint density at radius 2 is 2.33 bits per heavy atom. The minimum atomic E-state index is 0.871. The van der Waals surface area contributed by atoms with Crippen molar-refractivity contribution in [1.82, 2.24) is 4.57 Å². The van der Waals surface area contributed by atoms with E-state index in [1.165, 1.54) is 31.5 Å². The summed E-state index contributed by atoms with van der Waals surface area (Å²) in [6.45, 7) is 5.83. The number of nitrogens with zero attached hydrogens (tertiary/aromatic N) is 1. The van der Waals surface area contributed by atoms with Crippen molar-refractivity contribution in [2.75, 3.05) is 0 Å². The van der Waals surface area contributed by atoms with E-state index >= 15 is 0 Å². The molecule has 2 rings (SSSR count). The molecule has 1 nitrogen and oxygen atoms in total. The van der Waals surface area contributed by atoms with Crippen LogP contribution in [0.25, 0.3) is 0 Å². The Labute approximate surface area is 74.4 Å². The summed E-state index contributed by atoms with van der Waals surface area (Å²) in [6, 6.07) is 4.58. The molecule has 1 aromatic heterocycles. The maximum atomic E-state index is 2.51. The van der Waals surface area contributed by atoms with Crippen molar-refractivity contribution in [2.45, 2.75) is 39.7 Å². The van der Waals surface area contributed by atoms with Crippen molar-refractivity contribution in [3.63, 3.8) is 0 Å². The van der Waals surface area contributed by atoms with Crippen LogP contribution in [0.4, 0.5) is 0 Å². The number of rotatable bonds is 1. The summed E-state index contributed by atoms with van der Waals surface area (Å²) in [6.07, 6.45) is 3.82. The first kappa shape index (κ1) is 7.90. The SMILES string of the molecule is CCc1ccc2n1CC(C)CC2. The Hall–Kier alpha value is -0.720. The fourth-order valence-corrected chi connectivity index (χ4v) is 2.12. The lowest BCUT2D eigenvalue weighted by Crippen LogP contribution is -2.18. The third kappa shape index (κ3) is 1.17. The van der Waals surface area contributed by atoms with E-state index in [4.69, 9.17) is 0 Å². The first-order valence-electron chi connectivity index (χ1n) is 4.98. The van der Waals surface area contributed by atoms with E-state index in [1.807, 2.05) is 0 Å². The summed E-state index contributed by atoms with van der Waals surface area (Å²) in [5, 5.41) is 0. The Balaban J connectivity index is 2.34. The zero-order chi connectivity index (χ0) is 8.55. The van der Waals surface area contributed by atoms with Crippen LogP contribution < -0.4 is 0 Å². The van der Waals surface area contributed by atoms with Crippen molar-refractivity contribution < 1.29 is 0 Å². The van der Waals surface area contributed by atoms with Crippen LogP contribution in [0.2, 0.25) is 0 Å². The maximum Gasteiger partial charge on any atom is 0.0250 e. The summed E-state index contributed by atoms with van der Waals surface area (Å²) in [7, 11) is 0. The highest BCUT2D eigenvalue weighted by Crippen LogP contribution is 2.22. The zero-order valence-corrected chi connectivity index (χ0v) is 8.01. The smallest absolute Gasteiger partial charge is 0.0250 e. The number of fused-ring (bicyclic) bond motifs is 1. The molecule has 0 spiro atoms. The van der Waals surface area contributed by atoms with Crippen molar-refractivity contribution in [3.05, 3.63) is 23.5 Å². The van der Waals surface area contributed by atoms with Gasteiger partial charge in [-0.25, -0.2) is 0 Å². The highest BCUT2D eigenvalue weighted by molar-refractivity contribution is 5.18. The molecule has 1 aliphatic heterocycles. The van der Waals surface area contributed by atoms with E-state index in [0.29, 0.717) is 0 Å². The molecular weight excluding hydrogens is 146 g/mol. The molecule has 0 bridgehead atoms. The molecule has 1 unspecified atom stereocenters. The molecule has 1 aromatic rings. The van der Waals surface area contributed by atoms with E-state index in [-0.39, 0.29) is 0 Å². The maximum absolute atomic E-state index is 2.51. The van der Waals surface area contributed by atoms with Gasteiger partial charge in [0.05, 0.1) is 0 Å². The molecule has 0 saturated carbocycles. The minimum Gasteiger partial charge on any atom is -0.348 e. The summed E-state index contributed by atoms with van der Waals surface area (Å²) >= 11 is 0. The molecule has 66 valence electrons. The zero-order valence-electron chi connectivity index (χ0n) is 8.01. The quantitative estimate of drug-likeness (QED) is 0.599. The molecule has 1 aliphatic rings. The molecule has 0 saturated heterocycles. The predicted octanol–water partition coefficient (Wildman–Crippen LogP) is 2.63. The van der Waals surface area contributed by atoms with E-state index in [1.54, 1.807) is 5.69 Å². The van der Waals surface area contributed by atoms with Gasteiger partial charge in [0.2, 0.25) is 0 Å². The van der Waals surface area contributed by atoms with Gasteiger partial charge in [-0.2, -0.15) is 0 Å². The van der Waals surface area contributed by atoms with E-state index in [2.05, 4.69) is 30.5 Å². The topological polar surface area (TPSA) is 4.93 Å². The van der Waals surface area contributed by atoms with Crippen LogP contribution >= 0.6 is 0 Å². The number of aryl methyl sites for hydroxylation is 2. The van der Waals surface area contributed by atoms with Crippen LogP contribution in [0.5, 0.6) is 0 Å². The normalized spacial score (nSPS) is 22.3. The molecule has 0 radical (unpaired) electrons. The predicted molar refractivity (Wildman–Crippen MR) is 51.3 cm³/mol. The molecule has 0 N–H and O–H groups in total. The lowest BCUT2D eigenvalue weighted by atomic mass is 10.0. The van der Waals surface area contributed by atoms with E-state index < -0.39 is 0 Å². The van der Waals surface area contributed by atoms with Crippen molar-refractivity contribution in [2.24, 2.45) is 5.92 Å². The third-order valence-electron chi connectivity index (χ3n) is 2.91. The summed E-state index contributed by atoms with van der Waals surface area (Å²) < 4.78 is 2.51. The summed E-state index contributed by atoms with van der Waals surface area (Å²) in [4.78, 5) is 0. The second-order valence-electron chi connectivity index (χ2n) is 3.92. The third-order valence-corrected chi connectivity index (χ3v) is 2.91. The highest BCUT2D eigenvalue weighted by Gasteiger charge is 2.15. The Bertz CT molecular complexity index is 259. The van der Waals surface area contributed by atoms with Gasteiger partial charge in [0.15, 0.2) is 0 Å². The van der Waals surface area contributed by atoms with Gasteiger partial charge in [-0.05, 0) is 37.3 Å². The highest BCUT2D eigenvalue weighted by atomic mass is 15.0. The first-order valence-corrected chi connectivity index (χ1v) is 4.98. The lowest BCUT2D eigenvalue weighted by Gasteiger charge is -2.23. The molecule has 1 atom stereocenters.